The molecule has 0 atom stereocenters. The highest BCUT2D eigenvalue weighted by Gasteiger charge is 2.29. The van der Waals surface area contributed by atoms with Crippen LogP contribution in [0.2, 0.25) is 0 Å². The second kappa shape index (κ2) is 17.6. The summed E-state index contributed by atoms with van der Waals surface area (Å²) >= 11 is 0. The third kappa shape index (κ3) is 9.17. The van der Waals surface area contributed by atoms with E-state index in [4.69, 9.17) is 14.2 Å². The number of alkyl carbamates (subject to hydrolysis) is 1. The van der Waals surface area contributed by atoms with Crippen LogP contribution in [0.25, 0.3) is 11.1 Å². The second-order valence-corrected chi connectivity index (χ2v) is 12.3. The number of ether oxygens (including phenoxy) is 3. The Morgan fingerprint density at radius 3 is 1.96 bits per heavy atom. The maximum atomic E-state index is 13.4. The Balaban J connectivity index is 1.04. The number of nitrogens with one attached hydrogen (secondary N) is 2. The molecule has 6 rings (SSSR count). The Morgan fingerprint density at radius 1 is 0.778 bits per heavy atom. The average Bonchev–Trinajstić information content (AvgIpc) is 3.51. The molecule has 0 saturated carbocycles. The van der Waals surface area contributed by atoms with Crippen molar-refractivity contribution in [2.75, 3.05) is 38.2 Å². The summed E-state index contributed by atoms with van der Waals surface area (Å²) in [5.74, 6) is -1.45. The molecule has 0 unspecified atom stereocenters. The number of hydrogen-bond acceptors (Lipinski definition) is 9. The summed E-state index contributed by atoms with van der Waals surface area (Å²) in [6.45, 7) is 0.887. The average molecular weight is 730 g/mol. The van der Waals surface area contributed by atoms with Crippen molar-refractivity contribution in [3.05, 3.63) is 154 Å². The van der Waals surface area contributed by atoms with Crippen molar-refractivity contribution in [3.63, 3.8) is 0 Å². The Morgan fingerprint density at radius 2 is 1.37 bits per heavy atom. The zero-order chi connectivity index (χ0) is 37.9. The monoisotopic (exact) mass is 729 g/mol. The highest BCUT2D eigenvalue weighted by Crippen LogP contribution is 2.44. The summed E-state index contributed by atoms with van der Waals surface area (Å²) in [4.78, 5) is 69.4. The first-order valence-corrected chi connectivity index (χ1v) is 17.5. The van der Waals surface area contributed by atoms with Gasteiger partial charge in [0.2, 0.25) is 5.91 Å². The zero-order valence-electron chi connectivity index (χ0n) is 29.6. The van der Waals surface area contributed by atoms with Gasteiger partial charge in [0.15, 0.2) is 6.10 Å². The molecule has 4 aromatic carbocycles. The first kappa shape index (κ1) is 37.0. The van der Waals surface area contributed by atoms with Gasteiger partial charge in [0, 0.05) is 25.2 Å². The van der Waals surface area contributed by atoms with E-state index in [-0.39, 0.29) is 38.0 Å². The first-order chi connectivity index (χ1) is 26.3. The van der Waals surface area contributed by atoms with E-state index in [1.165, 1.54) is 17.2 Å². The molecule has 54 heavy (non-hydrogen) atoms. The van der Waals surface area contributed by atoms with E-state index < -0.39 is 48.9 Å². The molecule has 0 saturated heterocycles. The van der Waals surface area contributed by atoms with Crippen LogP contribution in [0.4, 0.5) is 15.4 Å². The third-order valence-electron chi connectivity index (χ3n) is 8.81. The number of carbonyl (C=O) groups excluding carboxylic acids is 4. The predicted octanol–water partition coefficient (Wildman–Crippen LogP) is 5.51. The van der Waals surface area contributed by atoms with Gasteiger partial charge in [-0.3, -0.25) is 19.5 Å². The molecule has 5 aromatic rings. The molecule has 13 heteroatoms. The Kier molecular flexibility index (Phi) is 12.1. The fraction of sp³-hybridized carbons (Fsp3) is 0.220. The molecule has 1 aliphatic carbocycles. The molecule has 0 bridgehead atoms. The first-order valence-electron chi connectivity index (χ1n) is 17.5. The Bertz CT molecular complexity index is 2070. The van der Waals surface area contributed by atoms with Crippen LogP contribution in [-0.2, 0) is 30.3 Å². The predicted molar refractivity (Wildman–Crippen MR) is 200 cm³/mol. The molecule has 0 fully saturated rings. The van der Waals surface area contributed by atoms with Gasteiger partial charge in [-0.1, -0.05) is 109 Å². The minimum atomic E-state index is -0.835. The molecule has 0 aliphatic heterocycles. The number of rotatable bonds is 14. The molecule has 0 spiro atoms. The van der Waals surface area contributed by atoms with Gasteiger partial charge < -0.3 is 24.4 Å². The fourth-order valence-corrected chi connectivity index (χ4v) is 6.29. The second-order valence-electron chi connectivity index (χ2n) is 12.3. The lowest BCUT2D eigenvalue weighted by molar-refractivity contribution is -0.149. The summed E-state index contributed by atoms with van der Waals surface area (Å²) in [5, 5.41) is 5.12. The number of esters is 1. The SMILES string of the molecule is CCOC(=O)CN(CCNC(=O)OCC1c2ccccc2-c2ccccc21)C(=O)Cn1ccc(NC(=O)OC(c2ccccc2)c2ccccc2)nc1=O. The molecule has 276 valence electrons. The normalized spacial score (nSPS) is 11.6. The topological polar surface area (TPSA) is 158 Å². The number of carbonyl (C=O) groups is 4. The maximum Gasteiger partial charge on any atom is 0.413 e. The molecular formula is C41H39N5O8. The third-order valence-corrected chi connectivity index (χ3v) is 8.81. The Hall–Kier alpha value is -6.76. The van der Waals surface area contributed by atoms with Crippen LogP contribution in [0.3, 0.4) is 0 Å². The number of amides is 3. The van der Waals surface area contributed by atoms with Crippen LogP contribution in [-0.4, -0.2) is 71.4 Å². The number of benzene rings is 4. The smallest absolute Gasteiger partial charge is 0.413 e. The van der Waals surface area contributed by atoms with Crippen molar-refractivity contribution in [1.82, 2.24) is 19.8 Å². The van der Waals surface area contributed by atoms with Gasteiger partial charge in [0.1, 0.15) is 25.5 Å². The number of fused-ring (bicyclic) bond motifs is 3. The summed E-state index contributed by atoms with van der Waals surface area (Å²) in [7, 11) is 0. The van der Waals surface area contributed by atoms with Crippen molar-refractivity contribution in [2.24, 2.45) is 0 Å². The van der Waals surface area contributed by atoms with E-state index in [0.717, 1.165) is 37.9 Å². The van der Waals surface area contributed by atoms with Crippen molar-refractivity contribution in [3.8, 4) is 11.1 Å². The summed E-state index contributed by atoms with van der Waals surface area (Å²) in [5.41, 5.74) is 5.04. The largest absolute Gasteiger partial charge is 0.465 e. The summed E-state index contributed by atoms with van der Waals surface area (Å²) in [6, 6.07) is 35.7. The molecule has 2 N–H and O–H groups in total. The van der Waals surface area contributed by atoms with Crippen molar-refractivity contribution in [2.45, 2.75) is 25.5 Å². The van der Waals surface area contributed by atoms with Gasteiger partial charge in [-0.25, -0.2) is 14.4 Å². The fourth-order valence-electron chi connectivity index (χ4n) is 6.29. The van der Waals surface area contributed by atoms with Crippen molar-refractivity contribution < 1.29 is 33.4 Å². The molecule has 1 aliphatic rings. The highest BCUT2D eigenvalue weighted by molar-refractivity contribution is 5.84. The van der Waals surface area contributed by atoms with E-state index >= 15 is 0 Å². The number of aromatic nitrogens is 2. The van der Waals surface area contributed by atoms with Gasteiger partial charge in [0.25, 0.3) is 0 Å². The van der Waals surface area contributed by atoms with Crippen molar-refractivity contribution in [1.29, 1.82) is 0 Å². The lowest BCUT2D eigenvalue weighted by Gasteiger charge is -2.22. The van der Waals surface area contributed by atoms with Gasteiger partial charge in [-0.15, -0.1) is 0 Å². The summed E-state index contributed by atoms with van der Waals surface area (Å²) in [6.07, 6.45) is -0.930. The van der Waals surface area contributed by atoms with Crippen LogP contribution in [0, 0.1) is 0 Å². The standard InChI is InChI=1S/C41H39N5O8/c1-2-52-37(48)26-45(24-22-42-40(50)53-27-34-32-19-11-9-17-30(32)31-18-10-12-20-33(31)34)36(47)25-46-23-21-35(43-39(46)49)44-41(51)54-38(28-13-5-3-6-14-28)29-15-7-4-8-16-29/h3-21,23,34,38H,2,22,24-27H2,1H3,(H,42,50)(H,43,44,49,51). The molecule has 1 aromatic heterocycles. The lowest BCUT2D eigenvalue weighted by Crippen LogP contribution is -2.44. The summed E-state index contributed by atoms with van der Waals surface area (Å²) < 4.78 is 17.4. The molecule has 13 nitrogen and oxygen atoms in total. The van der Waals surface area contributed by atoms with Crippen LogP contribution < -0.4 is 16.3 Å². The van der Waals surface area contributed by atoms with Gasteiger partial charge in [-0.05, 0) is 46.4 Å². The minimum Gasteiger partial charge on any atom is -0.465 e. The van der Waals surface area contributed by atoms with Gasteiger partial charge in [-0.2, -0.15) is 4.98 Å². The van der Waals surface area contributed by atoms with Crippen LogP contribution in [0.1, 0.15) is 41.2 Å². The molecule has 0 radical (unpaired) electrons. The Labute approximate surface area is 311 Å². The molecular weight excluding hydrogens is 690 g/mol. The lowest BCUT2D eigenvalue weighted by atomic mass is 9.98. The highest BCUT2D eigenvalue weighted by atomic mass is 16.6. The van der Waals surface area contributed by atoms with Crippen LogP contribution in [0.15, 0.2) is 126 Å². The number of hydrogen-bond donors (Lipinski definition) is 2. The zero-order valence-corrected chi connectivity index (χ0v) is 29.6. The van der Waals surface area contributed by atoms with Crippen LogP contribution in [0.5, 0.6) is 0 Å². The van der Waals surface area contributed by atoms with E-state index in [1.54, 1.807) is 6.92 Å². The van der Waals surface area contributed by atoms with Crippen molar-refractivity contribution >= 4 is 29.9 Å². The van der Waals surface area contributed by atoms with E-state index in [1.807, 2.05) is 109 Å². The van der Waals surface area contributed by atoms with Gasteiger partial charge in [0.05, 0.1) is 6.61 Å². The number of nitrogens with zero attached hydrogens (tertiary/aromatic N) is 3. The molecule has 1 heterocycles. The molecule has 3 amide bonds. The number of anilines is 1. The van der Waals surface area contributed by atoms with Gasteiger partial charge >= 0.3 is 23.8 Å². The minimum absolute atomic E-state index is 0.0348. The van der Waals surface area contributed by atoms with E-state index in [0.29, 0.717) is 0 Å². The van der Waals surface area contributed by atoms with Crippen LogP contribution >= 0.6 is 0 Å². The maximum absolute atomic E-state index is 13.4. The van der Waals surface area contributed by atoms with E-state index in [2.05, 4.69) is 15.6 Å². The van der Waals surface area contributed by atoms with E-state index in [9.17, 15) is 24.0 Å². The quantitative estimate of drug-likeness (QED) is 0.111.